The molecule has 0 saturated carbocycles. The molecule has 2 aromatic heterocycles. The molecule has 0 unspecified atom stereocenters. The van der Waals surface area contributed by atoms with E-state index in [-0.39, 0.29) is 11.9 Å². The first-order valence-electron chi connectivity index (χ1n) is 6.75. The van der Waals surface area contributed by atoms with E-state index in [0.717, 1.165) is 16.2 Å². The van der Waals surface area contributed by atoms with Crippen molar-refractivity contribution < 1.29 is 13.9 Å². The summed E-state index contributed by atoms with van der Waals surface area (Å²) in [7, 11) is 1.60. The zero-order chi connectivity index (χ0) is 16.1. The summed E-state index contributed by atoms with van der Waals surface area (Å²) < 4.78 is 10.5. The number of carbonyl (C=O) groups excluding carboxylic acids is 1. The van der Waals surface area contributed by atoms with Crippen LogP contribution in [0.15, 0.2) is 52.3 Å². The summed E-state index contributed by atoms with van der Waals surface area (Å²) in [6.45, 7) is 0. The van der Waals surface area contributed by atoms with Crippen molar-refractivity contribution in [2.75, 3.05) is 12.4 Å². The van der Waals surface area contributed by atoms with Gasteiger partial charge >= 0.3 is 6.01 Å². The Labute approximate surface area is 136 Å². The molecule has 3 rings (SSSR count). The van der Waals surface area contributed by atoms with Gasteiger partial charge in [0.15, 0.2) is 0 Å². The fourth-order valence-corrected chi connectivity index (χ4v) is 2.43. The van der Waals surface area contributed by atoms with E-state index in [1.807, 2.05) is 17.5 Å². The highest BCUT2D eigenvalue weighted by molar-refractivity contribution is 7.10. The molecule has 1 amide bonds. The molecule has 0 bridgehead atoms. The Morgan fingerprint density at radius 3 is 2.78 bits per heavy atom. The van der Waals surface area contributed by atoms with Crippen molar-refractivity contribution >= 4 is 29.3 Å². The third-order valence-electron chi connectivity index (χ3n) is 2.93. The second-order valence-corrected chi connectivity index (χ2v) is 5.46. The van der Waals surface area contributed by atoms with Crippen molar-refractivity contribution in [3.8, 4) is 17.2 Å². The van der Waals surface area contributed by atoms with Gasteiger partial charge in [0, 0.05) is 16.5 Å². The summed E-state index contributed by atoms with van der Waals surface area (Å²) in [6.07, 6.45) is 3.14. The average Bonchev–Trinajstić information content (AvgIpc) is 3.25. The number of thiophene rings is 1. The molecular formula is C16H13N3O3S. The van der Waals surface area contributed by atoms with Gasteiger partial charge in [-0.15, -0.1) is 16.4 Å². The maximum Gasteiger partial charge on any atom is 0.322 e. The van der Waals surface area contributed by atoms with Crippen LogP contribution in [0.2, 0.25) is 0 Å². The van der Waals surface area contributed by atoms with Crippen molar-refractivity contribution in [3.63, 3.8) is 0 Å². The van der Waals surface area contributed by atoms with Gasteiger partial charge in [0.1, 0.15) is 5.75 Å². The van der Waals surface area contributed by atoms with Gasteiger partial charge in [-0.3, -0.25) is 10.1 Å². The number of hydrogen-bond donors (Lipinski definition) is 1. The van der Waals surface area contributed by atoms with Gasteiger partial charge < -0.3 is 9.15 Å². The minimum atomic E-state index is -0.330. The highest BCUT2D eigenvalue weighted by atomic mass is 32.1. The van der Waals surface area contributed by atoms with Crippen LogP contribution in [0.1, 0.15) is 4.88 Å². The molecule has 3 aromatic rings. The smallest absolute Gasteiger partial charge is 0.322 e. The topological polar surface area (TPSA) is 77.3 Å². The Morgan fingerprint density at radius 2 is 2.09 bits per heavy atom. The Bertz CT molecular complexity index is 807. The fraction of sp³-hybridized carbons (Fsp3) is 0.0625. The van der Waals surface area contributed by atoms with Gasteiger partial charge in [-0.25, -0.2) is 0 Å². The number of hydrogen-bond acceptors (Lipinski definition) is 6. The molecule has 0 saturated heterocycles. The first kappa shape index (κ1) is 15.0. The van der Waals surface area contributed by atoms with Gasteiger partial charge in [-0.05, 0) is 41.8 Å². The van der Waals surface area contributed by atoms with Crippen LogP contribution >= 0.6 is 11.3 Å². The van der Waals surface area contributed by atoms with Gasteiger partial charge in [0.25, 0.3) is 5.91 Å². The van der Waals surface area contributed by atoms with E-state index in [1.54, 1.807) is 48.8 Å². The Morgan fingerprint density at radius 1 is 1.26 bits per heavy atom. The summed E-state index contributed by atoms with van der Waals surface area (Å²) in [6, 6.07) is 11.1. The quantitative estimate of drug-likeness (QED) is 0.726. The lowest BCUT2D eigenvalue weighted by atomic mass is 10.2. The van der Waals surface area contributed by atoms with E-state index < -0.39 is 0 Å². The third kappa shape index (κ3) is 3.83. The molecule has 6 nitrogen and oxygen atoms in total. The summed E-state index contributed by atoms with van der Waals surface area (Å²) in [4.78, 5) is 12.8. The number of methoxy groups -OCH3 is 1. The number of ether oxygens (including phenoxy) is 1. The second kappa shape index (κ2) is 6.89. The minimum absolute atomic E-state index is 0.0525. The third-order valence-corrected chi connectivity index (χ3v) is 3.77. The first-order valence-corrected chi connectivity index (χ1v) is 7.63. The van der Waals surface area contributed by atoms with E-state index in [9.17, 15) is 4.79 Å². The monoisotopic (exact) mass is 327 g/mol. The van der Waals surface area contributed by atoms with Crippen molar-refractivity contribution in [1.29, 1.82) is 0 Å². The molecule has 0 fully saturated rings. The van der Waals surface area contributed by atoms with Gasteiger partial charge in [0.2, 0.25) is 5.89 Å². The highest BCUT2D eigenvalue weighted by Gasteiger charge is 2.10. The van der Waals surface area contributed by atoms with Gasteiger partial charge in [-0.1, -0.05) is 11.2 Å². The predicted octanol–water partition coefficient (Wildman–Crippen LogP) is 3.46. The first-order chi connectivity index (χ1) is 11.2. The van der Waals surface area contributed by atoms with Crippen LogP contribution in [0.25, 0.3) is 17.5 Å². The van der Waals surface area contributed by atoms with Crippen LogP contribution < -0.4 is 10.1 Å². The zero-order valence-corrected chi connectivity index (χ0v) is 13.0. The van der Waals surface area contributed by atoms with Crippen molar-refractivity contribution in [2.45, 2.75) is 0 Å². The van der Waals surface area contributed by atoms with Crippen LogP contribution in [0.5, 0.6) is 5.75 Å². The summed E-state index contributed by atoms with van der Waals surface area (Å²) in [5.41, 5.74) is 0.743. The molecule has 116 valence electrons. The molecule has 0 aliphatic carbocycles. The molecule has 1 aromatic carbocycles. The van der Waals surface area contributed by atoms with Gasteiger partial charge in [0.05, 0.1) is 7.11 Å². The number of nitrogens with one attached hydrogen (secondary N) is 1. The number of carbonyl (C=O) groups is 1. The van der Waals surface area contributed by atoms with Crippen LogP contribution in [-0.4, -0.2) is 23.2 Å². The number of rotatable bonds is 5. The van der Waals surface area contributed by atoms with Crippen molar-refractivity contribution in [1.82, 2.24) is 10.2 Å². The molecule has 0 spiro atoms. The maximum atomic E-state index is 11.8. The standard InChI is InChI=1S/C16H13N3O3S/c1-21-12-6-4-11(5-7-12)15-18-19-16(22-15)17-14(20)9-8-13-3-2-10-23-13/h2-10H,1H3,(H,17,19,20)/b9-8+. The number of anilines is 1. The van der Waals surface area contributed by atoms with Crippen molar-refractivity contribution in [3.05, 3.63) is 52.7 Å². The SMILES string of the molecule is COc1ccc(-c2nnc(NC(=O)/C=C/c3cccs3)o2)cc1. The Hall–Kier alpha value is -2.93. The van der Waals surface area contributed by atoms with Crippen molar-refractivity contribution in [2.24, 2.45) is 0 Å². The maximum absolute atomic E-state index is 11.8. The zero-order valence-electron chi connectivity index (χ0n) is 12.2. The minimum Gasteiger partial charge on any atom is -0.497 e. The predicted molar refractivity (Wildman–Crippen MR) is 88.3 cm³/mol. The molecular weight excluding hydrogens is 314 g/mol. The normalized spacial score (nSPS) is 10.8. The Kier molecular flexibility index (Phi) is 4.49. The number of nitrogens with zero attached hydrogens (tertiary/aromatic N) is 2. The molecule has 1 N–H and O–H groups in total. The van der Waals surface area contributed by atoms with E-state index in [4.69, 9.17) is 9.15 Å². The Balaban J connectivity index is 1.65. The van der Waals surface area contributed by atoms with E-state index >= 15 is 0 Å². The van der Waals surface area contributed by atoms with E-state index in [2.05, 4.69) is 15.5 Å². The number of benzene rings is 1. The molecule has 23 heavy (non-hydrogen) atoms. The van der Waals surface area contributed by atoms with Crippen LogP contribution in [0.4, 0.5) is 6.01 Å². The molecule has 0 radical (unpaired) electrons. The second-order valence-electron chi connectivity index (χ2n) is 4.48. The van der Waals surface area contributed by atoms with Crippen LogP contribution in [-0.2, 0) is 4.79 Å². The fourth-order valence-electron chi connectivity index (χ4n) is 1.81. The number of aromatic nitrogens is 2. The average molecular weight is 327 g/mol. The van der Waals surface area contributed by atoms with E-state index in [1.165, 1.54) is 6.08 Å². The lowest BCUT2D eigenvalue weighted by molar-refractivity contribution is -0.112. The molecule has 7 heteroatoms. The summed E-state index contributed by atoms with van der Waals surface area (Å²) in [5, 5.41) is 12.2. The van der Waals surface area contributed by atoms with E-state index in [0.29, 0.717) is 5.89 Å². The largest absolute Gasteiger partial charge is 0.497 e. The van der Waals surface area contributed by atoms with Crippen LogP contribution in [0, 0.1) is 0 Å². The summed E-state index contributed by atoms with van der Waals surface area (Å²) >= 11 is 1.55. The molecule has 0 aliphatic rings. The molecule has 0 atom stereocenters. The number of amides is 1. The molecule has 0 aliphatic heterocycles. The lowest BCUT2D eigenvalue weighted by Crippen LogP contribution is -2.07. The highest BCUT2D eigenvalue weighted by Crippen LogP contribution is 2.22. The van der Waals surface area contributed by atoms with Gasteiger partial charge in [-0.2, -0.15) is 0 Å². The summed E-state index contributed by atoms with van der Waals surface area (Å²) in [5.74, 6) is 0.731. The van der Waals surface area contributed by atoms with Crippen LogP contribution in [0.3, 0.4) is 0 Å². The lowest BCUT2D eigenvalue weighted by Gasteiger charge is -1.99. The molecule has 2 heterocycles.